The second kappa shape index (κ2) is 5.05. The van der Waals surface area contributed by atoms with Crippen molar-refractivity contribution in [3.8, 4) is 0 Å². The second-order valence-electron chi connectivity index (χ2n) is 3.84. The molecule has 2 rings (SSSR count). The van der Waals surface area contributed by atoms with E-state index in [1.54, 1.807) is 24.3 Å². The summed E-state index contributed by atoms with van der Waals surface area (Å²) in [6.07, 6.45) is -0.890. The van der Waals surface area contributed by atoms with E-state index in [9.17, 15) is 9.59 Å². The number of carboxylic acid groups (broad SMARTS) is 1. The van der Waals surface area contributed by atoms with Crippen molar-refractivity contribution in [2.45, 2.75) is 19.6 Å². The van der Waals surface area contributed by atoms with Crippen molar-refractivity contribution in [2.75, 3.05) is 6.61 Å². The Labute approximate surface area is 102 Å². The fourth-order valence-corrected chi connectivity index (χ4v) is 1.62. The first-order valence-electron chi connectivity index (χ1n) is 5.52. The number of nitrogens with zero attached hydrogens (tertiary/aromatic N) is 1. The van der Waals surface area contributed by atoms with E-state index in [2.05, 4.69) is 0 Å². The van der Waals surface area contributed by atoms with Gasteiger partial charge in [-0.25, -0.2) is 9.59 Å². The third-order valence-electron chi connectivity index (χ3n) is 2.60. The average Bonchev–Trinajstić information content (AvgIpc) is 2.65. The van der Waals surface area contributed by atoms with Crippen molar-refractivity contribution in [3.05, 3.63) is 34.8 Å². The molecular weight excluding hydrogens is 238 g/mol. The number of oxazole rings is 1. The zero-order chi connectivity index (χ0) is 13.1. The number of aromatic nitrogens is 1. The van der Waals surface area contributed by atoms with Crippen LogP contribution in [0.2, 0.25) is 0 Å². The van der Waals surface area contributed by atoms with Crippen LogP contribution in [0.4, 0.5) is 0 Å². The minimum absolute atomic E-state index is 0.136. The molecule has 0 fully saturated rings. The quantitative estimate of drug-likeness (QED) is 0.860. The van der Waals surface area contributed by atoms with E-state index in [4.69, 9.17) is 14.3 Å². The first kappa shape index (κ1) is 12.4. The molecule has 1 atom stereocenters. The Morgan fingerprint density at radius 1 is 1.50 bits per heavy atom. The molecule has 1 heterocycles. The number of carboxylic acids is 1. The Bertz CT molecular complexity index is 612. The summed E-state index contributed by atoms with van der Waals surface area (Å²) in [5.41, 5.74) is 1.18. The van der Waals surface area contributed by atoms with E-state index in [1.165, 1.54) is 11.5 Å². The molecule has 0 bridgehead atoms. The lowest BCUT2D eigenvalue weighted by Gasteiger charge is -2.08. The van der Waals surface area contributed by atoms with Gasteiger partial charge in [0.05, 0.1) is 18.7 Å². The minimum atomic E-state index is -1.03. The molecule has 0 spiro atoms. The Hall–Kier alpha value is -2.08. The molecule has 6 heteroatoms. The maximum Gasteiger partial charge on any atom is 0.420 e. The molecule has 0 aliphatic rings. The van der Waals surface area contributed by atoms with Crippen molar-refractivity contribution < 1.29 is 19.1 Å². The van der Waals surface area contributed by atoms with Crippen molar-refractivity contribution in [3.63, 3.8) is 0 Å². The summed E-state index contributed by atoms with van der Waals surface area (Å²) in [5.74, 6) is -1.50. The van der Waals surface area contributed by atoms with E-state index in [0.29, 0.717) is 11.1 Å². The van der Waals surface area contributed by atoms with E-state index < -0.39 is 17.8 Å². The minimum Gasteiger partial charge on any atom is -0.479 e. The lowest BCUT2D eigenvalue weighted by Crippen LogP contribution is -2.24. The molecule has 0 amide bonds. The molecule has 1 N–H and O–H groups in total. The van der Waals surface area contributed by atoms with Gasteiger partial charge in [0.15, 0.2) is 11.7 Å². The number of carbonyl (C=O) groups is 1. The fraction of sp³-hybridized carbons (Fsp3) is 0.333. The van der Waals surface area contributed by atoms with Crippen LogP contribution in [0.3, 0.4) is 0 Å². The lowest BCUT2D eigenvalue weighted by molar-refractivity contribution is -0.149. The summed E-state index contributed by atoms with van der Waals surface area (Å²) < 4.78 is 11.5. The Morgan fingerprint density at radius 2 is 2.22 bits per heavy atom. The summed E-state index contributed by atoms with van der Waals surface area (Å²) in [6.45, 7) is 1.84. The van der Waals surface area contributed by atoms with Crippen LogP contribution < -0.4 is 5.76 Å². The second-order valence-corrected chi connectivity index (χ2v) is 3.84. The van der Waals surface area contributed by atoms with Crippen LogP contribution in [-0.4, -0.2) is 28.4 Å². The molecule has 6 nitrogen and oxygen atoms in total. The lowest BCUT2D eigenvalue weighted by atomic mass is 10.3. The van der Waals surface area contributed by atoms with Crippen LogP contribution in [-0.2, 0) is 16.1 Å². The van der Waals surface area contributed by atoms with E-state index in [1.807, 2.05) is 0 Å². The first-order valence-corrected chi connectivity index (χ1v) is 5.52. The molecule has 0 unspecified atom stereocenters. The highest BCUT2D eigenvalue weighted by atomic mass is 16.5. The molecule has 2 aromatic rings. The Morgan fingerprint density at radius 3 is 2.94 bits per heavy atom. The number of para-hydroxylation sites is 2. The highest BCUT2D eigenvalue weighted by Gasteiger charge is 2.12. The van der Waals surface area contributed by atoms with Crippen molar-refractivity contribution in [1.82, 2.24) is 4.57 Å². The van der Waals surface area contributed by atoms with Gasteiger partial charge in [-0.05, 0) is 19.1 Å². The number of aliphatic carboxylic acids is 1. The summed E-state index contributed by atoms with van der Waals surface area (Å²) >= 11 is 0. The molecule has 1 aromatic heterocycles. The first-order chi connectivity index (χ1) is 8.59. The standard InChI is InChI=1S/C12H13NO5/c1-8(11(14)15)17-7-6-13-9-4-2-3-5-10(9)18-12(13)16/h2-5,8H,6-7H2,1H3,(H,14,15)/t8-/m1/s1. The number of hydrogen-bond acceptors (Lipinski definition) is 4. The molecule has 0 aliphatic carbocycles. The molecule has 96 valence electrons. The molecule has 18 heavy (non-hydrogen) atoms. The largest absolute Gasteiger partial charge is 0.479 e. The van der Waals surface area contributed by atoms with Crippen LogP contribution in [0, 0.1) is 0 Å². The molecule has 0 aliphatic heterocycles. The normalized spacial score (nSPS) is 12.7. The molecule has 0 radical (unpaired) electrons. The third-order valence-corrected chi connectivity index (χ3v) is 2.60. The third kappa shape index (κ3) is 2.43. The maximum absolute atomic E-state index is 11.6. The molecule has 0 saturated carbocycles. The van der Waals surface area contributed by atoms with Gasteiger partial charge in [0, 0.05) is 0 Å². The Balaban J connectivity index is 2.10. The molecular formula is C12H13NO5. The summed E-state index contributed by atoms with van der Waals surface area (Å²) in [7, 11) is 0. The van der Waals surface area contributed by atoms with Crippen molar-refractivity contribution in [1.29, 1.82) is 0 Å². The zero-order valence-electron chi connectivity index (χ0n) is 9.83. The van der Waals surface area contributed by atoms with Crippen LogP contribution in [0.15, 0.2) is 33.5 Å². The number of rotatable bonds is 5. The molecule has 1 aromatic carbocycles. The van der Waals surface area contributed by atoms with Gasteiger partial charge in [-0.1, -0.05) is 12.1 Å². The summed E-state index contributed by atoms with van der Waals surface area (Å²) in [5, 5.41) is 8.65. The van der Waals surface area contributed by atoms with Gasteiger partial charge in [-0.2, -0.15) is 0 Å². The van der Waals surface area contributed by atoms with Crippen molar-refractivity contribution in [2.24, 2.45) is 0 Å². The van der Waals surface area contributed by atoms with Gasteiger partial charge in [0.25, 0.3) is 0 Å². The van der Waals surface area contributed by atoms with Gasteiger partial charge in [-0.3, -0.25) is 4.57 Å². The van der Waals surface area contributed by atoms with Crippen LogP contribution in [0.1, 0.15) is 6.92 Å². The highest BCUT2D eigenvalue weighted by Crippen LogP contribution is 2.11. The predicted octanol–water partition coefficient (Wildman–Crippen LogP) is 1.08. The van der Waals surface area contributed by atoms with Crippen LogP contribution >= 0.6 is 0 Å². The van der Waals surface area contributed by atoms with Gasteiger partial charge < -0.3 is 14.3 Å². The maximum atomic E-state index is 11.6. The van der Waals surface area contributed by atoms with Crippen LogP contribution in [0.5, 0.6) is 0 Å². The van der Waals surface area contributed by atoms with Gasteiger partial charge in [-0.15, -0.1) is 0 Å². The molecule has 0 saturated heterocycles. The Kier molecular flexibility index (Phi) is 3.47. The summed E-state index contributed by atoms with van der Waals surface area (Å²) in [4.78, 5) is 22.1. The summed E-state index contributed by atoms with van der Waals surface area (Å²) in [6, 6.07) is 7.04. The monoisotopic (exact) mass is 251 g/mol. The smallest absolute Gasteiger partial charge is 0.420 e. The van der Waals surface area contributed by atoms with Gasteiger partial charge in [0.2, 0.25) is 0 Å². The topological polar surface area (TPSA) is 81.7 Å². The van der Waals surface area contributed by atoms with Crippen molar-refractivity contribution >= 4 is 17.1 Å². The van der Waals surface area contributed by atoms with Crippen LogP contribution in [0.25, 0.3) is 11.1 Å². The zero-order valence-corrected chi connectivity index (χ0v) is 9.83. The number of fused-ring (bicyclic) bond motifs is 1. The van der Waals surface area contributed by atoms with E-state index >= 15 is 0 Å². The number of ether oxygens (including phenoxy) is 1. The highest BCUT2D eigenvalue weighted by molar-refractivity contribution is 5.72. The van der Waals surface area contributed by atoms with E-state index in [0.717, 1.165) is 0 Å². The fourth-order valence-electron chi connectivity index (χ4n) is 1.62. The predicted molar refractivity (Wildman–Crippen MR) is 63.5 cm³/mol. The van der Waals surface area contributed by atoms with E-state index in [-0.39, 0.29) is 13.2 Å². The van der Waals surface area contributed by atoms with Gasteiger partial charge >= 0.3 is 11.7 Å². The van der Waals surface area contributed by atoms with Gasteiger partial charge in [0.1, 0.15) is 0 Å². The number of hydrogen-bond donors (Lipinski definition) is 1. The SMILES string of the molecule is C[C@@H](OCCn1c(=O)oc2ccccc21)C(=O)O. The average molecular weight is 251 g/mol. The number of benzene rings is 1.